The van der Waals surface area contributed by atoms with Crippen molar-refractivity contribution in [1.82, 2.24) is 10.3 Å². The Morgan fingerprint density at radius 3 is 2.82 bits per heavy atom. The number of aliphatic carboxylic acids is 1. The summed E-state index contributed by atoms with van der Waals surface area (Å²) < 4.78 is 5.46. The van der Waals surface area contributed by atoms with Gasteiger partial charge in [-0.3, -0.25) is 9.78 Å². The van der Waals surface area contributed by atoms with Crippen molar-refractivity contribution < 1.29 is 19.4 Å². The summed E-state index contributed by atoms with van der Waals surface area (Å²) in [4.78, 5) is 27.1. The Kier molecular flexibility index (Phi) is 3.62. The fraction of sp³-hybridized carbons (Fsp3) is 0.267. The number of carbonyl (C=O) groups excluding carboxylic acids is 1. The maximum absolute atomic E-state index is 11.8. The fourth-order valence-electron chi connectivity index (χ4n) is 2.19. The molecule has 6 nitrogen and oxygen atoms in total. The number of halogens is 1. The fourth-order valence-corrected chi connectivity index (χ4v) is 2.41. The summed E-state index contributed by atoms with van der Waals surface area (Å²) >= 11 is 6.08. The molecule has 0 aliphatic heterocycles. The first-order valence-electron chi connectivity index (χ1n) is 6.72. The van der Waals surface area contributed by atoms with Gasteiger partial charge in [0.05, 0.1) is 5.02 Å². The molecule has 1 saturated carbocycles. The van der Waals surface area contributed by atoms with Crippen molar-refractivity contribution >= 4 is 34.4 Å². The lowest BCUT2D eigenvalue weighted by Crippen LogP contribution is -2.45. The minimum Gasteiger partial charge on any atom is -0.481 e. The molecule has 0 saturated heterocycles. The number of nitrogens with zero attached hydrogens (tertiary/aromatic N) is 1. The molecule has 22 heavy (non-hydrogen) atoms. The van der Waals surface area contributed by atoms with Crippen LogP contribution in [0.4, 0.5) is 0 Å². The molecular formula is C15H13ClN2O4. The highest BCUT2D eigenvalue weighted by Gasteiger charge is 2.51. The summed E-state index contributed by atoms with van der Waals surface area (Å²) in [5.41, 5.74) is -0.553. The van der Waals surface area contributed by atoms with Gasteiger partial charge in [0.15, 0.2) is 6.61 Å². The largest absolute Gasteiger partial charge is 0.481 e. The van der Waals surface area contributed by atoms with E-state index in [0.717, 1.165) is 5.39 Å². The van der Waals surface area contributed by atoms with Crippen LogP contribution in [0, 0.1) is 0 Å². The highest BCUT2D eigenvalue weighted by atomic mass is 35.5. The number of amides is 1. The van der Waals surface area contributed by atoms with Crippen molar-refractivity contribution in [2.24, 2.45) is 0 Å². The number of carboxylic acids is 1. The molecule has 0 atom stereocenters. The molecule has 2 N–H and O–H groups in total. The summed E-state index contributed by atoms with van der Waals surface area (Å²) in [5, 5.41) is 12.8. The minimum atomic E-state index is -1.11. The number of fused-ring (bicyclic) bond motifs is 1. The quantitative estimate of drug-likeness (QED) is 0.879. The second kappa shape index (κ2) is 5.46. The van der Waals surface area contributed by atoms with Gasteiger partial charge in [0.2, 0.25) is 0 Å². The number of rotatable bonds is 5. The van der Waals surface area contributed by atoms with Crippen LogP contribution in [0.5, 0.6) is 5.75 Å². The van der Waals surface area contributed by atoms with Crippen molar-refractivity contribution in [3.8, 4) is 5.75 Å². The first-order chi connectivity index (χ1) is 10.5. The van der Waals surface area contributed by atoms with Crippen LogP contribution in [0.15, 0.2) is 30.5 Å². The Hall–Kier alpha value is -2.34. The van der Waals surface area contributed by atoms with Crippen LogP contribution in [0.3, 0.4) is 0 Å². The van der Waals surface area contributed by atoms with Gasteiger partial charge in [-0.1, -0.05) is 11.6 Å². The van der Waals surface area contributed by atoms with E-state index in [9.17, 15) is 9.59 Å². The predicted octanol–water partition coefficient (Wildman–Crippen LogP) is 2.00. The van der Waals surface area contributed by atoms with Crippen LogP contribution in [0.1, 0.15) is 12.8 Å². The molecule has 7 heteroatoms. The zero-order chi connectivity index (χ0) is 15.7. The molecule has 1 amide bonds. The van der Waals surface area contributed by atoms with Gasteiger partial charge >= 0.3 is 5.97 Å². The standard InChI is InChI=1S/C15H13ClN2O4/c16-10-3-4-11(13-9(10)2-1-7-17-13)22-8-12(19)18-15(5-6-15)14(20)21/h1-4,7H,5-6,8H2,(H,18,19)(H,20,21). The van der Waals surface area contributed by atoms with Crippen LogP contribution in [0.25, 0.3) is 10.9 Å². The molecule has 1 heterocycles. The molecule has 2 aromatic rings. The van der Waals surface area contributed by atoms with Crippen molar-refractivity contribution in [3.05, 3.63) is 35.5 Å². The molecular weight excluding hydrogens is 308 g/mol. The number of pyridine rings is 1. The zero-order valence-electron chi connectivity index (χ0n) is 11.5. The molecule has 1 aliphatic carbocycles. The van der Waals surface area contributed by atoms with Crippen LogP contribution in [0.2, 0.25) is 5.02 Å². The summed E-state index contributed by atoms with van der Waals surface area (Å²) in [6, 6.07) is 6.86. The van der Waals surface area contributed by atoms with Crippen LogP contribution >= 0.6 is 11.6 Å². The summed E-state index contributed by atoms with van der Waals surface area (Å²) in [6.07, 6.45) is 2.49. The third-order valence-corrected chi connectivity index (χ3v) is 3.91. The lowest BCUT2D eigenvalue weighted by molar-refractivity contribution is -0.143. The van der Waals surface area contributed by atoms with Gasteiger partial charge in [0.1, 0.15) is 16.8 Å². The number of hydrogen-bond acceptors (Lipinski definition) is 4. The van der Waals surface area contributed by atoms with Crippen LogP contribution < -0.4 is 10.1 Å². The van der Waals surface area contributed by atoms with Gasteiger partial charge in [-0.2, -0.15) is 0 Å². The highest BCUT2D eigenvalue weighted by molar-refractivity contribution is 6.35. The molecule has 1 aliphatic rings. The maximum Gasteiger partial charge on any atom is 0.329 e. The lowest BCUT2D eigenvalue weighted by Gasteiger charge is -2.13. The monoisotopic (exact) mass is 320 g/mol. The van der Waals surface area contributed by atoms with Gasteiger partial charge in [-0.15, -0.1) is 0 Å². The van der Waals surface area contributed by atoms with E-state index in [1.54, 1.807) is 30.5 Å². The second-order valence-corrected chi connectivity index (χ2v) is 5.58. The van der Waals surface area contributed by atoms with E-state index in [0.29, 0.717) is 29.1 Å². The lowest BCUT2D eigenvalue weighted by atomic mass is 10.2. The molecule has 114 valence electrons. The molecule has 1 aromatic carbocycles. The van der Waals surface area contributed by atoms with Crippen LogP contribution in [-0.2, 0) is 9.59 Å². The second-order valence-electron chi connectivity index (χ2n) is 5.17. The van der Waals surface area contributed by atoms with Gasteiger partial charge < -0.3 is 15.2 Å². The third kappa shape index (κ3) is 2.69. The molecule has 0 spiro atoms. The topological polar surface area (TPSA) is 88.5 Å². The molecule has 1 aromatic heterocycles. The van der Waals surface area contributed by atoms with E-state index in [-0.39, 0.29) is 6.61 Å². The number of nitrogens with one attached hydrogen (secondary N) is 1. The summed E-state index contributed by atoms with van der Waals surface area (Å²) in [7, 11) is 0. The van der Waals surface area contributed by atoms with Crippen molar-refractivity contribution in [3.63, 3.8) is 0 Å². The van der Waals surface area contributed by atoms with Gasteiger partial charge in [0.25, 0.3) is 5.91 Å². The number of carboxylic acid groups (broad SMARTS) is 1. The highest BCUT2D eigenvalue weighted by Crippen LogP contribution is 2.35. The zero-order valence-corrected chi connectivity index (χ0v) is 12.3. The predicted molar refractivity (Wildman–Crippen MR) is 80.0 cm³/mol. The Morgan fingerprint density at radius 1 is 1.36 bits per heavy atom. The van der Waals surface area contributed by atoms with E-state index in [2.05, 4.69) is 10.3 Å². The van der Waals surface area contributed by atoms with Crippen molar-refractivity contribution in [2.45, 2.75) is 18.4 Å². The third-order valence-electron chi connectivity index (χ3n) is 3.58. The number of aromatic nitrogens is 1. The summed E-state index contributed by atoms with van der Waals surface area (Å²) in [5.74, 6) is -1.06. The summed E-state index contributed by atoms with van der Waals surface area (Å²) in [6.45, 7) is -0.275. The maximum atomic E-state index is 11.8. The average molecular weight is 321 g/mol. The van der Waals surface area contributed by atoms with Gasteiger partial charge in [-0.25, -0.2) is 4.79 Å². The number of benzene rings is 1. The van der Waals surface area contributed by atoms with E-state index < -0.39 is 17.4 Å². The molecule has 0 unspecified atom stereocenters. The van der Waals surface area contributed by atoms with Gasteiger partial charge in [0, 0.05) is 11.6 Å². The first kappa shape index (κ1) is 14.6. The smallest absolute Gasteiger partial charge is 0.329 e. The Labute approximate surface area is 131 Å². The number of ether oxygens (including phenoxy) is 1. The van der Waals surface area contributed by atoms with E-state index in [1.165, 1.54) is 0 Å². The number of hydrogen-bond donors (Lipinski definition) is 2. The Balaban J connectivity index is 1.71. The minimum absolute atomic E-state index is 0.275. The van der Waals surface area contributed by atoms with E-state index >= 15 is 0 Å². The van der Waals surface area contributed by atoms with Gasteiger partial charge in [-0.05, 0) is 37.1 Å². The molecule has 3 rings (SSSR count). The van der Waals surface area contributed by atoms with Crippen molar-refractivity contribution in [2.75, 3.05) is 6.61 Å². The Morgan fingerprint density at radius 2 is 2.14 bits per heavy atom. The molecule has 0 bridgehead atoms. The Bertz CT molecular complexity index is 758. The number of carbonyl (C=O) groups is 2. The van der Waals surface area contributed by atoms with Crippen LogP contribution in [-0.4, -0.2) is 34.1 Å². The molecule has 0 radical (unpaired) electrons. The van der Waals surface area contributed by atoms with Crippen molar-refractivity contribution in [1.29, 1.82) is 0 Å². The first-order valence-corrected chi connectivity index (χ1v) is 7.10. The van der Waals surface area contributed by atoms with E-state index in [1.807, 2.05) is 0 Å². The SMILES string of the molecule is O=C(COc1ccc(Cl)c2cccnc12)NC1(C(=O)O)CC1. The van der Waals surface area contributed by atoms with E-state index in [4.69, 9.17) is 21.4 Å². The molecule has 1 fully saturated rings. The normalized spacial score (nSPS) is 15.3. The average Bonchev–Trinajstić information content (AvgIpc) is 3.28.